The Bertz CT molecular complexity index is 927. The maximum Gasteiger partial charge on any atom is 0.160 e. The van der Waals surface area contributed by atoms with Crippen LogP contribution in [0.3, 0.4) is 0 Å². The fourth-order valence-electron chi connectivity index (χ4n) is 3.31. The topological polar surface area (TPSA) is 67.9 Å². The van der Waals surface area contributed by atoms with Crippen molar-refractivity contribution in [3.8, 4) is 0 Å². The number of aromatic nitrogens is 4. The highest BCUT2D eigenvalue weighted by atomic mass is 16.3. The van der Waals surface area contributed by atoms with Gasteiger partial charge in [0.2, 0.25) is 0 Å². The summed E-state index contributed by atoms with van der Waals surface area (Å²) < 4.78 is 3.94. The van der Waals surface area contributed by atoms with Crippen molar-refractivity contribution >= 4 is 22.4 Å². The van der Waals surface area contributed by atoms with Gasteiger partial charge in [-0.2, -0.15) is 10.2 Å². The van der Waals surface area contributed by atoms with Gasteiger partial charge in [-0.15, -0.1) is 0 Å². The highest BCUT2D eigenvalue weighted by Gasteiger charge is 2.22. The fraction of sp³-hybridized carbons (Fsp3) is 0.474. The normalized spacial score (nSPS) is 15.6. The van der Waals surface area contributed by atoms with Crippen LogP contribution >= 0.6 is 0 Å². The van der Waals surface area contributed by atoms with Crippen molar-refractivity contribution in [2.45, 2.75) is 51.7 Å². The molecule has 0 amide bonds. The molecular weight excluding hydrogens is 314 g/mol. The van der Waals surface area contributed by atoms with Crippen molar-refractivity contribution < 1.29 is 5.11 Å². The molecule has 1 aromatic carbocycles. The number of hydrogen-bond acceptors (Lipinski definition) is 4. The van der Waals surface area contributed by atoms with Gasteiger partial charge in [-0.05, 0) is 57.7 Å². The van der Waals surface area contributed by atoms with Crippen LogP contribution in [-0.4, -0.2) is 24.7 Å². The SMILES string of the molecule is Cc1nn(C2CCC2)cc1Nc1nn(C)c2ccc(C(C)(C)O)cc12. The maximum absolute atomic E-state index is 10.3. The van der Waals surface area contributed by atoms with E-state index in [9.17, 15) is 5.11 Å². The molecule has 0 atom stereocenters. The van der Waals surface area contributed by atoms with Gasteiger partial charge in [-0.3, -0.25) is 9.36 Å². The van der Waals surface area contributed by atoms with Gasteiger partial charge in [-0.25, -0.2) is 0 Å². The lowest BCUT2D eigenvalue weighted by atomic mass is 9.93. The third kappa shape index (κ3) is 2.80. The molecule has 1 aliphatic rings. The smallest absolute Gasteiger partial charge is 0.160 e. The predicted octanol–water partition coefficient (Wildman–Crippen LogP) is 3.77. The molecule has 132 valence electrons. The van der Waals surface area contributed by atoms with Crippen LogP contribution in [-0.2, 0) is 12.6 Å². The molecule has 4 rings (SSSR count). The molecule has 0 unspecified atom stereocenters. The lowest BCUT2D eigenvalue weighted by molar-refractivity contribution is 0.0787. The molecule has 0 radical (unpaired) electrons. The van der Waals surface area contributed by atoms with E-state index in [1.165, 1.54) is 19.3 Å². The van der Waals surface area contributed by atoms with E-state index in [1.807, 2.05) is 36.9 Å². The number of fused-ring (bicyclic) bond motifs is 1. The molecule has 3 aromatic rings. The Morgan fingerprint density at radius 2 is 2.00 bits per heavy atom. The lowest BCUT2D eigenvalue weighted by Crippen LogP contribution is -2.17. The summed E-state index contributed by atoms with van der Waals surface area (Å²) in [6, 6.07) is 6.51. The summed E-state index contributed by atoms with van der Waals surface area (Å²) in [7, 11) is 1.93. The van der Waals surface area contributed by atoms with Crippen molar-refractivity contribution in [3.05, 3.63) is 35.7 Å². The van der Waals surface area contributed by atoms with Gasteiger partial charge >= 0.3 is 0 Å². The monoisotopic (exact) mass is 339 g/mol. The average molecular weight is 339 g/mol. The van der Waals surface area contributed by atoms with Gasteiger partial charge in [0.25, 0.3) is 0 Å². The van der Waals surface area contributed by atoms with Crippen LogP contribution in [0.1, 0.15) is 50.4 Å². The van der Waals surface area contributed by atoms with Gasteiger partial charge < -0.3 is 10.4 Å². The van der Waals surface area contributed by atoms with Crippen LogP contribution in [0.25, 0.3) is 10.9 Å². The molecule has 0 bridgehead atoms. The number of aryl methyl sites for hydroxylation is 2. The number of hydrogen-bond donors (Lipinski definition) is 2. The Kier molecular flexibility index (Phi) is 3.61. The molecule has 2 aromatic heterocycles. The second-order valence-corrected chi connectivity index (χ2v) is 7.58. The van der Waals surface area contributed by atoms with Crippen molar-refractivity contribution in [2.24, 2.45) is 7.05 Å². The van der Waals surface area contributed by atoms with E-state index in [1.54, 1.807) is 13.8 Å². The minimum atomic E-state index is -0.883. The van der Waals surface area contributed by atoms with E-state index in [2.05, 4.69) is 26.4 Å². The Morgan fingerprint density at radius 1 is 1.24 bits per heavy atom. The highest BCUT2D eigenvalue weighted by molar-refractivity contribution is 5.92. The third-order valence-electron chi connectivity index (χ3n) is 5.18. The van der Waals surface area contributed by atoms with Crippen molar-refractivity contribution in [3.63, 3.8) is 0 Å². The molecule has 0 aliphatic heterocycles. The number of rotatable bonds is 4. The molecule has 2 N–H and O–H groups in total. The van der Waals surface area contributed by atoms with Crippen LogP contribution < -0.4 is 5.32 Å². The summed E-state index contributed by atoms with van der Waals surface area (Å²) in [6.07, 6.45) is 5.79. The molecule has 2 heterocycles. The van der Waals surface area contributed by atoms with Gasteiger partial charge in [0.15, 0.2) is 5.82 Å². The molecule has 0 saturated heterocycles. The Balaban J connectivity index is 1.72. The van der Waals surface area contributed by atoms with Crippen LogP contribution in [0.4, 0.5) is 11.5 Å². The Hall–Kier alpha value is -2.34. The zero-order valence-corrected chi connectivity index (χ0v) is 15.2. The number of benzene rings is 1. The first-order valence-corrected chi connectivity index (χ1v) is 8.85. The minimum absolute atomic E-state index is 0.538. The summed E-state index contributed by atoms with van der Waals surface area (Å²) in [5.74, 6) is 0.792. The summed E-state index contributed by atoms with van der Waals surface area (Å²) in [6.45, 7) is 5.61. The van der Waals surface area contributed by atoms with Gasteiger partial charge in [0.1, 0.15) is 0 Å². The number of nitrogens with zero attached hydrogens (tertiary/aromatic N) is 4. The van der Waals surface area contributed by atoms with E-state index in [0.29, 0.717) is 6.04 Å². The van der Waals surface area contributed by atoms with Crippen molar-refractivity contribution in [2.75, 3.05) is 5.32 Å². The zero-order chi connectivity index (χ0) is 17.8. The molecule has 25 heavy (non-hydrogen) atoms. The molecule has 6 nitrogen and oxygen atoms in total. The molecule has 1 saturated carbocycles. The molecule has 0 spiro atoms. The highest BCUT2D eigenvalue weighted by Crippen LogP contribution is 2.34. The van der Waals surface area contributed by atoms with E-state index in [-0.39, 0.29) is 0 Å². The first kappa shape index (κ1) is 16.1. The predicted molar refractivity (Wildman–Crippen MR) is 99.1 cm³/mol. The quantitative estimate of drug-likeness (QED) is 0.759. The molecular formula is C19H25N5O. The number of nitrogens with one attached hydrogen (secondary N) is 1. The molecule has 1 fully saturated rings. The van der Waals surface area contributed by atoms with E-state index in [4.69, 9.17) is 0 Å². The summed E-state index contributed by atoms with van der Waals surface area (Å²) in [4.78, 5) is 0. The van der Waals surface area contributed by atoms with Gasteiger partial charge in [0, 0.05) is 18.6 Å². The Labute approximate surface area is 147 Å². The fourth-order valence-corrected chi connectivity index (χ4v) is 3.31. The molecule has 6 heteroatoms. The van der Waals surface area contributed by atoms with Crippen molar-refractivity contribution in [1.29, 1.82) is 0 Å². The third-order valence-corrected chi connectivity index (χ3v) is 5.18. The number of anilines is 2. The van der Waals surface area contributed by atoms with E-state index in [0.717, 1.165) is 33.7 Å². The lowest BCUT2D eigenvalue weighted by Gasteiger charge is -2.25. The summed E-state index contributed by atoms with van der Waals surface area (Å²) in [5.41, 5.74) is 2.98. The minimum Gasteiger partial charge on any atom is -0.386 e. The van der Waals surface area contributed by atoms with Gasteiger partial charge in [0.05, 0.1) is 28.5 Å². The average Bonchev–Trinajstić information content (AvgIpc) is 2.98. The van der Waals surface area contributed by atoms with Gasteiger partial charge in [-0.1, -0.05) is 6.07 Å². The van der Waals surface area contributed by atoms with Crippen LogP contribution in [0, 0.1) is 6.92 Å². The largest absolute Gasteiger partial charge is 0.386 e. The van der Waals surface area contributed by atoms with E-state index < -0.39 is 5.60 Å². The second-order valence-electron chi connectivity index (χ2n) is 7.58. The van der Waals surface area contributed by atoms with Crippen LogP contribution in [0.2, 0.25) is 0 Å². The van der Waals surface area contributed by atoms with Crippen LogP contribution in [0.5, 0.6) is 0 Å². The van der Waals surface area contributed by atoms with E-state index >= 15 is 0 Å². The first-order valence-electron chi connectivity index (χ1n) is 8.85. The second kappa shape index (κ2) is 5.59. The summed E-state index contributed by atoms with van der Waals surface area (Å²) in [5, 5.41) is 24.0. The standard InChI is InChI=1S/C19H25N5O/c1-12-16(11-24(21-12)14-6-5-7-14)20-18-15-10-13(19(2,3)25)8-9-17(15)23(4)22-18/h8-11,14,25H,5-7H2,1-4H3,(H,20,22). The number of aliphatic hydroxyl groups is 1. The Morgan fingerprint density at radius 3 is 2.64 bits per heavy atom. The maximum atomic E-state index is 10.3. The first-order chi connectivity index (χ1) is 11.8. The zero-order valence-electron chi connectivity index (χ0n) is 15.2. The van der Waals surface area contributed by atoms with Crippen molar-refractivity contribution in [1.82, 2.24) is 19.6 Å². The summed E-state index contributed by atoms with van der Waals surface area (Å²) >= 11 is 0. The van der Waals surface area contributed by atoms with Crippen LogP contribution in [0.15, 0.2) is 24.4 Å². The molecule has 1 aliphatic carbocycles.